The number of nitrogens with zero attached hydrogens (tertiary/aromatic N) is 2. The molecule has 2 aromatic heterocycles. The summed E-state index contributed by atoms with van der Waals surface area (Å²) in [6.45, 7) is 4.12. The molecule has 2 aromatic rings. The van der Waals surface area contributed by atoms with Gasteiger partial charge in [0.15, 0.2) is 0 Å². The zero-order valence-electron chi connectivity index (χ0n) is 11.8. The van der Waals surface area contributed by atoms with Crippen molar-refractivity contribution in [2.75, 3.05) is 0 Å². The molecular weight excluding hydrogens is 274 g/mol. The average Bonchev–Trinajstić information content (AvgIpc) is 3.07. The summed E-state index contributed by atoms with van der Waals surface area (Å²) in [7, 11) is 0. The minimum absolute atomic E-state index is 0.0295. The molecule has 0 bridgehead atoms. The molecule has 0 saturated heterocycles. The molecule has 5 nitrogen and oxygen atoms in total. The predicted octanol–water partition coefficient (Wildman–Crippen LogP) is 3.04. The van der Waals surface area contributed by atoms with E-state index in [0.29, 0.717) is 24.6 Å². The van der Waals surface area contributed by atoms with Crippen LogP contribution in [0.15, 0.2) is 22.0 Å². The number of carbonyl (C=O) groups is 1. The number of amides is 1. The van der Waals surface area contributed by atoms with E-state index in [0.717, 1.165) is 17.7 Å². The second-order valence-electron chi connectivity index (χ2n) is 4.75. The van der Waals surface area contributed by atoms with Crippen LogP contribution < -0.4 is 5.32 Å². The minimum Gasteiger partial charge on any atom is -0.354 e. The molecule has 0 aliphatic rings. The maximum atomic E-state index is 11.7. The van der Waals surface area contributed by atoms with Gasteiger partial charge in [-0.25, -0.2) is 0 Å². The molecule has 0 aromatic carbocycles. The molecule has 1 amide bonds. The first-order valence-corrected chi connectivity index (χ1v) is 7.72. The first-order chi connectivity index (χ1) is 9.69. The Hall–Kier alpha value is -1.69. The molecule has 0 radical (unpaired) electrons. The maximum absolute atomic E-state index is 11.7. The van der Waals surface area contributed by atoms with E-state index in [2.05, 4.69) is 22.4 Å². The van der Waals surface area contributed by atoms with Crippen LogP contribution in [-0.4, -0.2) is 22.1 Å². The Morgan fingerprint density at radius 1 is 1.55 bits per heavy atom. The highest BCUT2D eigenvalue weighted by atomic mass is 32.1. The van der Waals surface area contributed by atoms with Crippen LogP contribution in [0, 0.1) is 0 Å². The summed E-state index contributed by atoms with van der Waals surface area (Å²) < 4.78 is 5.16. The summed E-state index contributed by atoms with van der Waals surface area (Å²) in [5, 5.41) is 8.84. The molecule has 1 unspecified atom stereocenters. The summed E-state index contributed by atoms with van der Waals surface area (Å²) in [5.41, 5.74) is 0. The second-order valence-corrected chi connectivity index (χ2v) is 5.69. The van der Waals surface area contributed by atoms with Crippen LogP contribution in [0.1, 0.15) is 39.0 Å². The summed E-state index contributed by atoms with van der Waals surface area (Å²) in [6.07, 6.45) is 2.91. The van der Waals surface area contributed by atoms with E-state index in [1.165, 1.54) is 0 Å². The van der Waals surface area contributed by atoms with Crippen molar-refractivity contribution in [2.24, 2.45) is 0 Å². The lowest BCUT2D eigenvalue weighted by Gasteiger charge is -2.11. The van der Waals surface area contributed by atoms with Crippen LogP contribution in [0.3, 0.4) is 0 Å². The number of hydrogen-bond donors (Lipinski definition) is 1. The number of hydrogen-bond acceptors (Lipinski definition) is 5. The quantitative estimate of drug-likeness (QED) is 0.852. The summed E-state index contributed by atoms with van der Waals surface area (Å²) in [4.78, 5) is 17.0. The Bertz CT molecular complexity index is 536. The minimum atomic E-state index is 0.0295. The van der Waals surface area contributed by atoms with Crippen LogP contribution in [0.25, 0.3) is 10.7 Å². The number of carbonyl (C=O) groups excluding carboxylic acids is 1. The van der Waals surface area contributed by atoms with Gasteiger partial charge in [-0.2, -0.15) is 4.98 Å². The van der Waals surface area contributed by atoms with Crippen molar-refractivity contribution in [1.82, 2.24) is 15.5 Å². The number of aryl methyl sites for hydroxylation is 1. The lowest BCUT2D eigenvalue weighted by molar-refractivity contribution is -0.121. The molecule has 0 saturated carbocycles. The molecule has 0 spiro atoms. The third-order valence-corrected chi connectivity index (χ3v) is 3.77. The van der Waals surface area contributed by atoms with Gasteiger partial charge < -0.3 is 9.84 Å². The van der Waals surface area contributed by atoms with E-state index in [4.69, 9.17) is 4.52 Å². The monoisotopic (exact) mass is 293 g/mol. The van der Waals surface area contributed by atoms with Gasteiger partial charge >= 0.3 is 0 Å². The highest BCUT2D eigenvalue weighted by Crippen LogP contribution is 2.21. The number of nitrogens with one attached hydrogen (secondary N) is 1. The number of rotatable bonds is 7. The van der Waals surface area contributed by atoms with Gasteiger partial charge in [-0.05, 0) is 24.8 Å². The van der Waals surface area contributed by atoms with Gasteiger partial charge in [0, 0.05) is 18.9 Å². The predicted molar refractivity (Wildman–Crippen MR) is 78.4 cm³/mol. The van der Waals surface area contributed by atoms with E-state index < -0.39 is 0 Å². The largest absolute Gasteiger partial charge is 0.354 e. The molecule has 1 N–H and O–H groups in total. The first-order valence-electron chi connectivity index (χ1n) is 6.85. The van der Waals surface area contributed by atoms with Gasteiger partial charge in [-0.15, -0.1) is 11.3 Å². The molecule has 0 aliphatic carbocycles. The van der Waals surface area contributed by atoms with E-state index in [1.807, 2.05) is 24.4 Å². The van der Waals surface area contributed by atoms with Crippen molar-refractivity contribution in [3.05, 3.63) is 23.4 Å². The summed E-state index contributed by atoms with van der Waals surface area (Å²) in [5.74, 6) is 1.13. The van der Waals surface area contributed by atoms with E-state index in [1.54, 1.807) is 11.3 Å². The Morgan fingerprint density at radius 3 is 3.10 bits per heavy atom. The van der Waals surface area contributed by atoms with E-state index >= 15 is 0 Å². The maximum Gasteiger partial charge on any atom is 0.227 e. The van der Waals surface area contributed by atoms with Gasteiger partial charge in [0.2, 0.25) is 17.6 Å². The molecule has 0 fully saturated rings. The Morgan fingerprint density at radius 2 is 2.40 bits per heavy atom. The highest BCUT2D eigenvalue weighted by Gasteiger charge is 2.12. The van der Waals surface area contributed by atoms with Crippen molar-refractivity contribution in [3.8, 4) is 10.7 Å². The van der Waals surface area contributed by atoms with Crippen LogP contribution in [0.5, 0.6) is 0 Å². The third-order valence-electron chi connectivity index (χ3n) is 2.90. The van der Waals surface area contributed by atoms with Gasteiger partial charge in [0.25, 0.3) is 0 Å². The molecule has 2 rings (SSSR count). The molecule has 0 aliphatic heterocycles. The van der Waals surface area contributed by atoms with Crippen molar-refractivity contribution in [3.63, 3.8) is 0 Å². The van der Waals surface area contributed by atoms with Crippen LogP contribution in [0.4, 0.5) is 0 Å². The summed E-state index contributed by atoms with van der Waals surface area (Å²) >= 11 is 1.56. The zero-order valence-corrected chi connectivity index (χ0v) is 12.6. The van der Waals surface area contributed by atoms with Gasteiger partial charge in [0.05, 0.1) is 4.88 Å². The smallest absolute Gasteiger partial charge is 0.227 e. The number of aromatic nitrogens is 2. The third kappa shape index (κ3) is 4.16. The van der Waals surface area contributed by atoms with Crippen molar-refractivity contribution in [2.45, 2.75) is 45.6 Å². The van der Waals surface area contributed by atoms with Gasteiger partial charge in [-0.3, -0.25) is 4.79 Å². The molecule has 108 valence electrons. The van der Waals surface area contributed by atoms with Crippen LogP contribution >= 0.6 is 11.3 Å². The lowest BCUT2D eigenvalue weighted by atomic mass is 10.2. The van der Waals surface area contributed by atoms with Crippen LogP contribution in [-0.2, 0) is 11.2 Å². The SMILES string of the molecule is CCCC(C)NC(=O)CCc1nc(-c2cccs2)no1. The highest BCUT2D eigenvalue weighted by molar-refractivity contribution is 7.13. The molecule has 6 heteroatoms. The van der Waals surface area contributed by atoms with E-state index in [9.17, 15) is 4.79 Å². The Labute approximate surface area is 122 Å². The van der Waals surface area contributed by atoms with Crippen molar-refractivity contribution < 1.29 is 9.32 Å². The normalized spacial score (nSPS) is 12.3. The van der Waals surface area contributed by atoms with Crippen molar-refractivity contribution in [1.29, 1.82) is 0 Å². The lowest BCUT2D eigenvalue weighted by Crippen LogP contribution is -2.32. The average molecular weight is 293 g/mol. The fourth-order valence-electron chi connectivity index (χ4n) is 1.93. The zero-order chi connectivity index (χ0) is 14.4. The van der Waals surface area contributed by atoms with Gasteiger partial charge in [-0.1, -0.05) is 24.6 Å². The van der Waals surface area contributed by atoms with Gasteiger partial charge in [0.1, 0.15) is 0 Å². The molecule has 20 heavy (non-hydrogen) atoms. The van der Waals surface area contributed by atoms with Crippen molar-refractivity contribution >= 4 is 17.2 Å². The van der Waals surface area contributed by atoms with Crippen LogP contribution in [0.2, 0.25) is 0 Å². The topological polar surface area (TPSA) is 68.0 Å². The molecule has 1 atom stereocenters. The molecular formula is C14H19N3O2S. The molecule has 2 heterocycles. The Balaban J connectivity index is 1.81. The Kier molecular flexibility index (Phi) is 5.29. The number of thiophene rings is 1. The standard InChI is InChI=1S/C14H19N3O2S/c1-3-5-10(2)15-12(18)7-8-13-16-14(17-19-13)11-6-4-9-20-11/h4,6,9-10H,3,5,7-8H2,1-2H3,(H,15,18). The first kappa shape index (κ1) is 14.7. The second kappa shape index (κ2) is 7.19. The fourth-order valence-corrected chi connectivity index (χ4v) is 2.58. The van der Waals surface area contributed by atoms with E-state index in [-0.39, 0.29) is 11.9 Å². The summed E-state index contributed by atoms with van der Waals surface area (Å²) in [6, 6.07) is 4.11. The fraction of sp³-hybridized carbons (Fsp3) is 0.500.